The van der Waals surface area contributed by atoms with Crippen LogP contribution in [0.5, 0.6) is 0 Å². The van der Waals surface area contributed by atoms with Crippen LogP contribution in [0.3, 0.4) is 0 Å². The number of aliphatic hydroxyl groups is 1. The maximum atomic E-state index is 11.9. The lowest BCUT2D eigenvalue weighted by Gasteiger charge is -2.15. The first-order valence-electron chi connectivity index (χ1n) is 4.50. The molecule has 1 aromatic rings. The Balaban J connectivity index is 2.84. The molecule has 0 heterocycles. The molecule has 0 aliphatic rings. The van der Waals surface area contributed by atoms with Crippen LogP contribution in [0.2, 0.25) is 0 Å². The highest BCUT2D eigenvalue weighted by atomic mass is 127. The molecule has 1 aromatic carbocycles. The molecule has 0 amide bonds. The van der Waals surface area contributed by atoms with E-state index in [-0.39, 0.29) is 11.7 Å². The van der Waals surface area contributed by atoms with Crippen LogP contribution in [-0.4, -0.2) is 21.4 Å². The number of carbonyl (C=O) groups is 1. The van der Waals surface area contributed by atoms with E-state index in [0.29, 0.717) is 9.99 Å². The second-order valence-electron chi connectivity index (χ2n) is 3.23. The molecule has 2 atom stereocenters. The highest BCUT2D eigenvalue weighted by Gasteiger charge is 2.23. The number of Topliss-reactive ketones (excluding diaryl/α,β-unsaturated/α-hetero) is 1. The monoisotopic (exact) mass is 304 g/mol. The van der Waals surface area contributed by atoms with Crippen molar-refractivity contribution in [3.63, 3.8) is 0 Å². The van der Waals surface area contributed by atoms with Gasteiger partial charge in [-0.25, -0.2) is 0 Å². The summed E-state index contributed by atoms with van der Waals surface area (Å²) in [5.41, 5.74) is 0.676. The summed E-state index contributed by atoms with van der Waals surface area (Å²) < 4.78 is 0.642. The summed E-state index contributed by atoms with van der Waals surface area (Å²) >= 11 is 2.13. The topological polar surface area (TPSA) is 37.3 Å². The fraction of sp³-hybridized carbons (Fsp3) is 0.364. The predicted molar refractivity (Wildman–Crippen MR) is 64.8 cm³/mol. The van der Waals surface area contributed by atoms with Gasteiger partial charge in [0.15, 0.2) is 5.78 Å². The first-order chi connectivity index (χ1) is 6.66. The summed E-state index contributed by atoms with van der Waals surface area (Å²) in [6, 6.07) is 9.10. The van der Waals surface area contributed by atoms with Gasteiger partial charge in [0.25, 0.3) is 0 Å². The maximum absolute atomic E-state index is 11.9. The SMILES string of the molecule is C[C@H](O)[C@@H](CI)C(=O)c1ccccc1. The van der Waals surface area contributed by atoms with E-state index in [1.54, 1.807) is 19.1 Å². The molecule has 0 fully saturated rings. The van der Waals surface area contributed by atoms with Gasteiger partial charge in [0, 0.05) is 9.99 Å². The molecular weight excluding hydrogens is 291 g/mol. The fourth-order valence-corrected chi connectivity index (χ4v) is 2.37. The zero-order chi connectivity index (χ0) is 10.6. The van der Waals surface area contributed by atoms with Crippen LogP contribution in [0.25, 0.3) is 0 Å². The number of halogens is 1. The minimum absolute atomic E-state index is 0.0231. The Kier molecular flexibility index (Phi) is 4.54. The summed E-state index contributed by atoms with van der Waals surface area (Å²) in [6.07, 6.45) is -0.584. The second-order valence-corrected chi connectivity index (χ2v) is 4.11. The van der Waals surface area contributed by atoms with Crippen LogP contribution in [-0.2, 0) is 0 Å². The normalized spacial score (nSPS) is 14.8. The molecule has 14 heavy (non-hydrogen) atoms. The van der Waals surface area contributed by atoms with Crippen LogP contribution in [0.15, 0.2) is 30.3 Å². The van der Waals surface area contributed by atoms with Crippen molar-refractivity contribution in [3.05, 3.63) is 35.9 Å². The first kappa shape index (κ1) is 11.7. The zero-order valence-corrected chi connectivity index (χ0v) is 10.1. The van der Waals surface area contributed by atoms with Gasteiger partial charge in [-0.3, -0.25) is 4.79 Å². The molecule has 0 saturated carbocycles. The Bertz CT molecular complexity index is 295. The van der Waals surface area contributed by atoms with Gasteiger partial charge < -0.3 is 5.11 Å². The van der Waals surface area contributed by atoms with E-state index in [4.69, 9.17) is 0 Å². The molecule has 3 heteroatoms. The Hall–Kier alpha value is -0.420. The highest BCUT2D eigenvalue weighted by Crippen LogP contribution is 2.15. The van der Waals surface area contributed by atoms with Gasteiger partial charge in [0.05, 0.1) is 12.0 Å². The van der Waals surface area contributed by atoms with Gasteiger partial charge in [0.1, 0.15) is 0 Å². The second kappa shape index (κ2) is 5.46. The van der Waals surface area contributed by atoms with E-state index in [9.17, 15) is 9.90 Å². The number of hydrogen-bond acceptors (Lipinski definition) is 2. The average Bonchev–Trinajstić information content (AvgIpc) is 2.19. The van der Waals surface area contributed by atoms with Gasteiger partial charge >= 0.3 is 0 Å². The Morgan fingerprint density at radius 2 is 2.00 bits per heavy atom. The van der Waals surface area contributed by atoms with Crippen molar-refractivity contribution in [2.24, 2.45) is 5.92 Å². The van der Waals surface area contributed by atoms with Crippen molar-refractivity contribution >= 4 is 28.4 Å². The van der Waals surface area contributed by atoms with Crippen LogP contribution in [0, 0.1) is 5.92 Å². The zero-order valence-electron chi connectivity index (χ0n) is 7.98. The van der Waals surface area contributed by atoms with E-state index in [0.717, 1.165) is 0 Å². The molecule has 2 nitrogen and oxygen atoms in total. The van der Waals surface area contributed by atoms with Crippen molar-refractivity contribution in [1.82, 2.24) is 0 Å². The summed E-state index contributed by atoms with van der Waals surface area (Å²) in [5, 5.41) is 9.42. The molecule has 76 valence electrons. The number of rotatable bonds is 4. The summed E-state index contributed by atoms with van der Waals surface area (Å²) in [4.78, 5) is 11.9. The molecule has 0 radical (unpaired) electrons. The fourth-order valence-electron chi connectivity index (χ4n) is 1.23. The van der Waals surface area contributed by atoms with E-state index in [1.807, 2.05) is 18.2 Å². The molecule has 0 saturated heterocycles. The molecule has 1 N–H and O–H groups in total. The van der Waals surface area contributed by atoms with Crippen molar-refractivity contribution in [3.8, 4) is 0 Å². The first-order valence-corrected chi connectivity index (χ1v) is 6.02. The summed E-state index contributed by atoms with van der Waals surface area (Å²) in [5.74, 6) is -0.270. The van der Waals surface area contributed by atoms with Crippen molar-refractivity contribution in [2.45, 2.75) is 13.0 Å². The molecule has 1 rings (SSSR count). The predicted octanol–water partition coefficient (Wildman–Crippen LogP) is 2.30. The average molecular weight is 304 g/mol. The van der Waals surface area contributed by atoms with E-state index in [1.165, 1.54) is 0 Å². The highest BCUT2D eigenvalue weighted by molar-refractivity contribution is 14.1. The number of ketones is 1. The van der Waals surface area contributed by atoms with Gasteiger partial charge in [-0.1, -0.05) is 52.9 Å². The number of alkyl halides is 1. The maximum Gasteiger partial charge on any atom is 0.169 e. The number of aliphatic hydroxyl groups excluding tert-OH is 1. The van der Waals surface area contributed by atoms with E-state index >= 15 is 0 Å². The number of benzene rings is 1. The van der Waals surface area contributed by atoms with Gasteiger partial charge in [-0.15, -0.1) is 0 Å². The van der Waals surface area contributed by atoms with E-state index < -0.39 is 6.10 Å². The molecule has 0 bridgehead atoms. The van der Waals surface area contributed by atoms with Crippen LogP contribution in [0.4, 0.5) is 0 Å². The third-order valence-electron chi connectivity index (χ3n) is 2.14. The molecule has 0 aliphatic heterocycles. The summed E-state index contributed by atoms with van der Waals surface area (Å²) in [7, 11) is 0. The van der Waals surface area contributed by atoms with Crippen LogP contribution in [0.1, 0.15) is 17.3 Å². The van der Waals surface area contributed by atoms with Crippen molar-refractivity contribution in [2.75, 3.05) is 4.43 Å². The van der Waals surface area contributed by atoms with Crippen LogP contribution < -0.4 is 0 Å². The molecule has 0 aliphatic carbocycles. The lowest BCUT2D eigenvalue weighted by molar-refractivity contribution is 0.0771. The minimum Gasteiger partial charge on any atom is -0.393 e. The molecule has 0 spiro atoms. The number of hydrogen-bond donors (Lipinski definition) is 1. The van der Waals surface area contributed by atoms with Gasteiger partial charge in [-0.2, -0.15) is 0 Å². The molecular formula is C11H13IO2. The lowest BCUT2D eigenvalue weighted by Crippen LogP contribution is -2.27. The Morgan fingerprint density at radius 3 is 2.43 bits per heavy atom. The van der Waals surface area contributed by atoms with Gasteiger partial charge in [-0.05, 0) is 6.92 Å². The van der Waals surface area contributed by atoms with Crippen molar-refractivity contribution < 1.29 is 9.90 Å². The lowest BCUT2D eigenvalue weighted by atomic mass is 9.95. The Morgan fingerprint density at radius 1 is 1.43 bits per heavy atom. The summed E-state index contributed by atoms with van der Waals surface area (Å²) in [6.45, 7) is 1.66. The number of carbonyl (C=O) groups excluding carboxylic acids is 1. The third-order valence-corrected chi connectivity index (χ3v) is 3.09. The standard InChI is InChI=1S/C11H13IO2/c1-8(13)10(7-12)11(14)9-5-3-2-4-6-9/h2-6,8,10,13H,7H2,1H3/t8-,10+/m0/s1. The molecule has 0 aromatic heterocycles. The van der Waals surface area contributed by atoms with Crippen molar-refractivity contribution in [1.29, 1.82) is 0 Å². The molecule has 0 unspecified atom stereocenters. The van der Waals surface area contributed by atoms with Crippen LogP contribution >= 0.6 is 22.6 Å². The smallest absolute Gasteiger partial charge is 0.169 e. The quantitative estimate of drug-likeness (QED) is 0.526. The minimum atomic E-state index is -0.584. The van der Waals surface area contributed by atoms with Gasteiger partial charge in [0.2, 0.25) is 0 Å². The Labute approximate surface area is 97.5 Å². The third kappa shape index (κ3) is 2.78. The largest absolute Gasteiger partial charge is 0.393 e. The van der Waals surface area contributed by atoms with E-state index in [2.05, 4.69) is 22.6 Å².